The molecule has 4 saturated heterocycles. The average Bonchev–Trinajstić information content (AvgIpc) is 4.16. The first-order valence-electron chi connectivity index (χ1n) is 20.9. The minimum atomic E-state index is -5.29. The predicted molar refractivity (Wildman–Crippen MR) is 230 cm³/mol. The lowest BCUT2D eigenvalue weighted by Crippen LogP contribution is -2.31. The average molecular weight is 1050 g/mol. The number of phosphoric acid groups is 3. The maximum Gasteiger partial charge on any atom is 0.472 e. The molecule has 4 fully saturated rings. The molecule has 5 aromatic heterocycles. The maximum atomic E-state index is 13.7. The van der Waals surface area contributed by atoms with Crippen LogP contribution in [-0.4, -0.2) is 149 Å². The van der Waals surface area contributed by atoms with Gasteiger partial charge in [-0.2, -0.15) is 14.7 Å². The van der Waals surface area contributed by atoms with E-state index in [9.17, 15) is 48.2 Å². The Labute approximate surface area is 391 Å². The summed E-state index contributed by atoms with van der Waals surface area (Å²) >= 11 is 0. The lowest BCUT2D eigenvalue weighted by Gasteiger charge is -2.25. The van der Waals surface area contributed by atoms with Crippen molar-refractivity contribution in [1.82, 2.24) is 48.6 Å². The largest absolute Gasteiger partial charge is 0.472 e. The van der Waals surface area contributed by atoms with Crippen LogP contribution in [0.25, 0.3) is 22.3 Å². The second-order valence-electron chi connectivity index (χ2n) is 16.0. The molecule has 33 nitrogen and oxygen atoms in total. The third kappa shape index (κ3) is 11.0. The molecule has 70 heavy (non-hydrogen) atoms. The molecule has 0 amide bonds. The van der Waals surface area contributed by atoms with Gasteiger partial charge in [-0.25, -0.2) is 38.4 Å². The number of fused-ring (bicyclic) bond motifs is 2. The van der Waals surface area contributed by atoms with Gasteiger partial charge in [0.15, 0.2) is 35.2 Å². The number of H-pyrrole nitrogens is 1. The van der Waals surface area contributed by atoms with Gasteiger partial charge in [0.2, 0.25) is 12.6 Å². The number of aromatic amines is 1. The molecule has 0 aromatic carbocycles. The highest BCUT2D eigenvalue weighted by molar-refractivity contribution is 7.48. The van der Waals surface area contributed by atoms with Crippen molar-refractivity contribution in [2.24, 2.45) is 0 Å². The smallest absolute Gasteiger partial charge is 0.393 e. The van der Waals surface area contributed by atoms with Gasteiger partial charge in [0.1, 0.15) is 73.0 Å². The van der Waals surface area contributed by atoms with Crippen molar-refractivity contribution in [2.45, 2.75) is 93.2 Å². The van der Waals surface area contributed by atoms with E-state index in [1.165, 1.54) is 47.0 Å². The Morgan fingerprint density at radius 1 is 0.714 bits per heavy atom. The molecule has 0 bridgehead atoms. The molecular weight excluding hydrogens is 1000 g/mol. The fourth-order valence-corrected chi connectivity index (χ4v) is 11.0. The van der Waals surface area contributed by atoms with Crippen LogP contribution in [-0.2, 0) is 59.8 Å². The van der Waals surface area contributed by atoms with E-state index in [0.717, 1.165) is 4.57 Å². The number of hydrogen-bond donors (Lipinski definition) is 9. The van der Waals surface area contributed by atoms with Crippen molar-refractivity contribution < 1.29 is 84.7 Å². The SMILES string of the molecule is Nc1ccn([C@H]2C[C@H](OP(=O)(O)OC[C@H]3O[C@@H](n4cnc5c(=O)[nH]c(N)nc54)C[C@@H]3OP(=O)(O)OC[C@H]3O[C@@H](n4cnc5c(N)ncnc54)C[C@@H]3O)[C@@H](COP(=O)(O)O[C@H]3C[CH+]O[C@@H]3CO)O2)c(=O)n1. The van der Waals surface area contributed by atoms with Crippen molar-refractivity contribution in [2.75, 3.05) is 43.6 Å². The molecule has 36 heteroatoms. The summed E-state index contributed by atoms with van der Waals surface area (Å²) < 4.78 is 99.1. The third-order valence-corrected chi connectivity index (χ3v) is 14.4. The van der Waals surface area contributed by atoms with Gasteiger partial charge in [0.25, 0.3) is 5.56 Å². The van der Waals surface area contributed by atoms with E-state index in [2.05, 4.69) is 34.9 Å². The number of nitrogen functional groups attached to an aromatic ring is 3. The van der Waals surface area contributed by atoms with E-state index in [1.54, 1.807) is 0 Å². The monoisotopic (exact) mass is 1050 g/mol. The van der Waals surface area contributed by atoms with Crippen LogP contribution < -0.4 is 28.5 Å². The second kappa shape index (κ2) is 20.0. The summed E-state index contributed by atoms with van der Waals surface area (Å²) in [5.74, 6) is -0.286. The first kappa shape index (κ1) is 50.1. The molecule has 9 heterocycles. The highest BCUT2D eigenvalue weighted by Gasteiger charge is 2.48. The second-order valence-corrected chi connectivity index (χ2v) is 20.3. The Morgan fingerprint density at radius 3 is 1.90 bits per heavy atom. The van der Waals surface area contributed by atoms with Gasteiger partial charge < -0.3 is 56.3 Å². The van der Waals surface area contributed by atoms with E-state index in [-0.39, 0.29) is 59.9 Å². The molecular formula is C34H45N13O20P3+. The number of nitrogens with zero attached hydrogens (tertiary/aromatic N) is 9. The Morgan fingerprint density at radius 2 is 1.27 bits per heavy atom. The van der Waals surface area contributed by atoms with Crippen molar-refractivity contribution in [3.8, 4) is 0 Å². The number of aromatic nitrogens is 10. The summed E-state index contributed by atoms with van der Waals surface area (Å²) in [6.07, 6.45) is -9.33. The van der Waals surface area contributed by atoms with Crippen LogP contribution >= 0.6 is 23.5 Å². The summed E-state index contributed by atoms with van der Waals surface area (Å²) in [6.45, 7) is -1.66. The number of phosphoric ester groups is 3. The maximum absolute atomic E-state index is 13.7. The first-order chi connectivity index (χ1) is 33.2. The van der Waals surface area contributed by atoms with Crippen molar-refractivity contribution in [1.29, 1.82) is 0 Å². The zero-order chi connectivity index (χ0) is 49.7. The van der Waals surface area contributed by atoms with E-state index in [4.69, 9.17) is 63.3 Å². The highest BCUT2D eigenvalue weighted by atomic mass is 31.2. The summed E-state index contributed by atoms with van der Waals surface area (Å²) in [4.78, 5) is 84.3. The molecule has 12 N–H and O–H groups in total. The summed E-state index contributed by atoms with van der Waals surface area (Å²) in [5.41, 5.74) is 16.1. The molecule has 380 valence electrons. The topological polar surface area (TPSA) is 465 Å². The summed E-state index contributed by atoms with van der Waals surface area (Å²) in [7, 11) is -15.3. The van der Waals surface area contributed by atoms with Gasteiger partial charge in [-0.15, -0.1) is 0 Å². The first-order valence-corrected chi connectivity index (χ1v) is 25.4. The van der Waals surface area contributed by atoms with E-state index in [0.29, 0.717) is 5.65 Å². The van der Waals surface area contributed by atoms with Gasteiger partial charge in [-0.3, -0.25) is 50.6 Å². The van der Waals surface area contributed by atoms with Crippen LogP contribution in [0, 0.1) is 6.61 Å². The number of nitrogens with one attached hydrogen (secondary N) is 1. The Balaban J connectivity index is 0.893. The van der Waals surface area contributed by atoms with Gasteiger partial charge >= 0.3 is 29.2 Å². The molecule has 0 radical (unpaired) electrons. The molecule has 14 atom stereocenters. The van der Waals surface area contributed by atoms with E-state index in [1.807, 2.05) is 0 Å². The van der Waals surface area contributed by atoms with Gasteiger partial charge in [-0.05, 0) is 6.07 Å². The number of aliphatic hydroxyl groups is 2. The number of hydrogen-bond acceptors (Lipinski definition) is 26. The number of rotatable bonds is 19. The van der Waals surface area contributed by atoms with Crippen molar-refractivity contribution >= 4 is 63.4 Å². The van der Waals surface area contributed by atoms with Crippen LogP contribution in [0.5, 0.6) is 0 Å². The van der Waals surface area contributed by atoms with Crippen LogP contribution in [0.3, 0.4) is 0 Å². The quantitative estimate of drug-likeness (QED) is 0.0340. The number of anilines is 3. The molecule has 5 aromatic rings. The molecule has 0 spiro atoms. The minimum Gasteiger partial charge on any atom is -0.393 e. The van der Waals surface area contributed by atoms with E-state index < -0.39 is 129 Å². The van der Waals surface area contributed by atoms with Crippen molar-refractivity contribution in [3.05, 3.63) is 58.7 Å². The summed E-state index contributed by atoms with van der Waals surface area (Å²) in [5, 5.41) is 20.3. The molecule has 0 aliphatic carbocycles. The predicted octanol–water partition coefficient (Wildman–Crippen LogP) is -1.36. The molecule has 4 aliphatic rings. The standard InChI is InChI=1S/C34H44N13O20P3/c35-23-1-3-45(34(51)42-23)25-6-17(21(63-25)10-60-68(52,53)65-16-2-4-58-19(16)8-48)66-70(56,57)61-11-22-18(7-26(64-22)47-14-41-28-31(47)43-33(37)44-32(28)50)67-69(54,55)59-9-20-15(49)5-24(62-20)46-13-40-27-29(36)38-12-39-30(27)46/h1,3-4,12-22,24-26,48-49H,2,5-11H2,(H9-,35,36,37,38,39,42,43,44,50,51,52,53,54,55,56,57)/p+1/t15-,16-,17-,18-,19+,20+,21+,22+,24+,25+,26+/m0/s1. The minimum absolute atomic E-state index is 0.00272. The molecule has 0 saturated carbocycles. The van der Waals surface area contributed by atoms with Gasteiger partial charge in [0.05, 0.1) is 45.2 Å². The van der Waals surface area contributed by atoms with Crippen molar-refractivity contribution in [3.63, 3.8) is 0 Å². The fraction of sp³-hybridized carbons (Fsp3) is 0.559. The number of aliphatic hydroxyl groups excluding tert-OH is 2. The third-order valence-electron chi connectivity index (χ3n) is 11.4. The van der Waals surface area contributed by atoms with Gasteiger partial charge in [-0.1, -0.05) is 0 Å². The lowest BCUT2D eigenvalue weighted by molar-refractivity contribution is -0.0614. The normalized spacial score (nSPS) is 30.7. The molecule has 3 unspecified atom stereocenters. The highest BCUT2D eigenvalue weighted by Crippen LogP contribution is 2.53. The van der Waals surface area contributed by atoms with Gasteiger partial charge in [0, 0.05) is 25.5 Å². The Bertz CT molecular complexity index is 2980. The van der Waals surface area contributed by atoms with Crippen LogP contribution in [0.1, 0.15) is 44.4 Å². The number of ether oxygens (including phenoxy) is 4. The van der Waals surface area contributed by atoms with Crippen LogP contribution in [0.15, 0.2) is 40.8 Å². The zero-order valence-corrected chi connectivity index (χ0v) is 38.6. The zero-order valence-electron chi connectivity index (χ0n) is 35.9. The Hall–Kier alpha value is -4.86. The Kier molecular flexibility index (Phi) is 14.3. The van der Waals surface area contributed by atoms with E-state index >= 15 is 0 Å². The number of imidazole rings is 2. The molecule has 9 rings (SSSR count). The lowest BCUT2D eigenvalue weighted by atomic mass is 10.2. The van der Waals surface area contributed by atoms with Crippen LogP contribution in [0.2, 0.25) is 0 Å². The number of nitrogens with two attached hydrogens (primary N) is 3. The fourth-order valence-electron chi connectivity index (χ4n) is 8.07. The summed E-state index contributed by atoms with van der Waals surface area (Å²) in [6, 6.07) is 1.27. The molecule has 4 aliphatic heterocycles. The van der Waals surface area contributed by atoms with Crippen LogP contribution in [0.4, 0.5) is 17.6 Å².